The highest BCUT2D eigenvalue weighted by molar-refractivity contribution is 7.12. The van der Waals surface area contributed by atoms with Gasteiger partial charge in [0, 0.05) is 21.8 Å². The van der Waals surface area contributed by atoms with Gasteiger partial charge in [-0.3, -0.25) is 4.90 Å². The minimum atomic E-state index is 0.669. The van der Waals surface area contributed by atoms with Crippen LogP contribution in [-0.4, -0.2) is 31.1 Å². The molecule has 2 nitrogen and oxygen atoms in total. The van der Waals surface area contributed by atoms with Crippen molar-refractivity contribution in [1.29, 1.82) is 0 Å². The van der Waals surface area contributed by atoms with Gasteiger partial charge >= 0.3 is 0 Å². The van der Waals surface area contributed by atoms with Crippen molar-refractivity contribution in [2.75, 3.05) is 20.1 Å². The van der Waals surface area contributed by atoms with Crippen molar-refractivity contribution in [1.82, 2.24) is 10.2 Å². The molecule has 2 heterocycles. The number of likely N-dealkylation sites (tertiary alicyclic amines) is 1. The molecule has 0 radical (unpaired) electrons. The highest BCUT2D eigenvalue weighted by Gasteiger charge is 2.39. The number of nitrogens with one attached hydrogen (secondary N) is 1. The van der Waals surface area contributed by atoms with Gasteiger partial charge in [0.15, 0.2) is 0 Å². The zero-order chi connectivity index (χ0) is 13.9. The topological polar surface area (TPSA) is 15.3 Å². The molecule has 1 N–H and O–H groups in total. The quantitative estimate of drug-likeness (QED) is 0.887. The molecule has 1 aromatic heterocycles. The maximum Gasteiger partial charge on any atom is 0.0484 e. The van der Waals surface area contributed by atoms with E-state index in [1.807, 2.05) is 0 Å². The van der Waals surface area contributed by atoms with Crippen molar-refractivity contribution in [3.8, 4) is 0 Å². The van der Waals surface area contributed by atoms with Crippen LogP contribution >= 0.6 is 11.3 Å². The van der Waals surface area contributed by atoms with E-state index in [2.05, 4.69) is 47.7 Å². The lowest BCUT2D eigenvalue weighted by Gasteiger charge is -2.34. The van der Waals surface area contributed by atoms with Gasteiger partial charge in [0.05, 0.1) is 0 Å². The number of hydrogen-bond donors (Lipinski definition) is 1. The Labute approximate surface area is 127 Å². The van der Waals surface area contributed by atoms with Crippen LogP contribution in [0.1, 0.15) is 54.8 Å². The summed E-state index contributed by atoms with van der Waals surface area (Å²) < 4.78 is 0. The smallest absolute Gasteiger partial charge is 0.0484 e. The Morgan fingerprint density at radius 2 is 2.10 bits per heavy atom. The van der Waals surface area contributed by atoms with Crippen molar-refractivity contribution >= 4 is 11.3 Å². The molecule has 1 aliphatic carbocycles. The predicted octanol–water partition coefficient (Wildman–Crippen LogP) is 3.84. The van der Waals surface area contributed by atoms with Crippen molar-refractivity contribution in [2.24, 2.45) is 5.92 Å². The summed E-state index contributed by atoms with van der Waals surface area (Å²) in [6, 6.07) is 6.32. The fourth-order valence-electron chi connectivity index (χ4n) is 3.70. The minimum absolute atomic E-state index is 0.669. The fraction of sp³-hybridized carbons (Fsp3) is 0.765. The van der Waals surface area contributed by atoms with Crippen LogP contribution in [0.5, 0.6) is 0 Å². The molecular weight excluding hydrogens is 264 g/mol. The van der Waals surface area contributed by atoms with E-state index in [9.17, 15) is 0 Å². The average molecular weight is 292 g/mol. The Balaban J connectivity index is 1.88. The molecule has 0 amide bonds. The summed E-state index contributed by atoms with van der Waals surface area (Å²) >= 11 is 2.06. The Hall–Kier alpha value is -0.380. The van der Waals surface area contributed by atoms with E-state index in [1.54, 1.807) is 9.75 Å². The number of nitrogens with zero attached hydrogens (tertiary/aromatic N) is 1. The predicted molar refractivity (Wildman–Crippen MR) is 87.4 cm³/mol. The summed E-state index contributed by atoms with van der Waals surface area (Å²) in [4.78, 5) is 6.01. The molecule has 1 saturated carbocycles. The Bertz CT molecular complexity index is 424. The number of hydrogen-bond acceptors (Lipinski definition) is 3. The molecule has 0 spiro atoms. The second-order valence-electron chi connectivity index (χ2n) is 6.39. The Morgan fingerprint density at radius 3 is 2.75 bits per heavy atom. The van der Waals surface area contributed by atoms with Crippen molar-refractivity contribution in [3.05, 3.63) is 21.9 Å². The third-order valence-electron chi connectivity index (χ3n) is 4.85. The highest BCUT2D eigenvalue weighted by Crippen LogP contribution is 2.43. The zero-order valence-corrected chi connectivity index (χ0v) is 13.7. The average Bonchev–Trinajstić information content (AvgIpc) is 3.22. The van der Waals surface area contributed by atoms with Gasteiger partial charge in [-0.05, 0) is 70.3 Å². The van der Waals surface area contributed by atoms with Gasteiger partial charge in [0.1, 0.15) is 0 Å². The summed E-state index contributed by atoms with van der Waals surface area (Å²) in [5.74, 6) is 0.784. The second-order valence-corrected chi connectivity index (χ2v) is 7.58. The largest absolute Gasteiger partial charge is 0.319 e. The minimum Gasteiger partial charge on any atom is -0.319 e. The number of thiophene rings is 1. The van der Waals surface area contributed by atoms with Crippen molar-refractivity contribution < 1.29 is 0 Å². The van der Waals surface area contributed by atoms with Crippen molar-refractivity contribution in [2.45, 2.75) is 57.5 Å². The van der Waals surface area contributed by atoms with E-state index in [0.29, 0.717) is 6.04 Å². The van der Waals surface area contributed by atoms with Crippen LogP contribution in [0.15, 0.2) is 12.1 Å². The van der Waals surface area contributed by atoms with E-state index in [-0.39, 0.29) is 0 Å². The first kappa shape index (κ1) is 14.6. The monoisotopic (exact) mass is 292 g/mol. The molecule has 2 unspecified atom stereocenters. The van der Waals surface area contributed by atoms with E-state index < -0.39 is 0 Å². The van der Waals surface area contributed by atoms with Crippen LogP contribution in [0.4, 0.5) is 0 Å². The summed E-state index contributed by atoms with van der Waals surface area (Å²) in [6.45, 7) is 4.74. The van der Waals surface area contributed by atoms with Gasteiger partial charge < -0.3 is 5.32 Å². The molecular formula is C17H28N2S. The number of aryl methyl sites for hydroxylation is 1. The van der Waals surface area contributed by atoms with Gasteiger partial charge in [-0.2, -0.15) is 0 Å². The van der Waals surface area contributed by atoms with E-state index >= 15 is 0 Å². The SMILES string of the molecule is CCc1ccc(C2C(CNC)CCCCN2C2CC2)s1. The molecule has 1 aliphatic heterocycles. The lowest BCUT2D eigenvalue weighted by Crippen LogP contribution is -2.37. The van der Waals surface area contributed by atoms with Gasteiger partial charge in [-0.25, -0.2) is 0 Å². The lowest BCUT2D eigenvalue weighted by atomic mass is 9.93. The molecule has 3 rings (SSSR count). The maximum atomic E-state index is 3.44. The standard InChI is InChI=1S/C17H28N2S/c1-3-15-9-10-16(20-15)17-13(12-18-2)6-4-5-11-19(17)14-7-8-14/h9-10,13-14,17-18H,3-8,11-12H2,1-2H3. The van der Waals surface area contributed by atoms with Crippen LogP contribution in [-0.2, 0) is 6.42 Å². The van der Waals surface area contributed by atoms with Crippen LogP contribution in [0, 0.1) is 5.92 Å². The Morgan fingerprint density at radius 1 is 1.25 bits per heavy atom. The first-order chi connectivity index (χ1) is 9.83. The summed E-state index contributed by atoms with van der Waals surface area (Å²) in [7, 11) is 2.11. The van der Waals surface area contributed by atoms with Gasteiger partial charge in [-0.15, -0.1) is 11.3 Å². The second kappa shape index (κ2) is 6.59. The molecule has 3 heteroatoms. The van der Waals surface area contributed by atoms with Crippen LogP contribution in [0.25, 0.3) is 0 Å². The van der Waals surface area contributed by atoms with E-state index in [4.69, 9.17) is 0 Å². The number of rotatable bonds is 5. The normalized spacial score (nSPS) is 28.5. The molecule has 2 fully saturated rings. The third kappa shape index (κ3) is 3.10. The summed E-state index contributed by atoms with van der Waals surface area (Å²) in [5.41, 5.74) is 0. The molecule has 0 aromatic carbocycles. The van der Waals surface area contributed by atoms with Gasteiger partial charge in [0.2, 0.25) is 0 Å². The first-order valence-electron chi connectivity index (χ1n) is 8.32. The summed E-state index contributed by atoms with van der Waals surface area (Å²) in [5, 5.41) is 3.44. The summed E-state index contributed by atoms with van der Waals surface area (Å²) in [6.07, 6.45) is 8.20. The van der Waals surface area contributed by atoms with Crippen molar-refractivity contribution in [3.63, 3.8) is 0 Å². The lowest BCUT2D eigenvalue weighted by molar-refractivity contribution is 0.148. The third-order valence-corrected chi connectivity index (χ3v) is 6.15. The molecule has 20 heavy (non-hydrogen) atoms. The molecule has 0 bridgehead atoms. The zero-order valence-electron chi connectivity index (χ0n) is 12.9. The van der Waals surface area contributed by atoms with Gasteiger partial charge in [0.25, 0.3) is 0 Å². The van der Waals surface area contributed by atoms with Crippen LogP contribution in [0.2, 0.25) is 0 Å². The molecule has 1 aromatic rings. The highest BCUT2D eigenvalue weighted by atomic mass is 32.1. The maximum absolute atomic E-state index is 3.44. The molecule has 2 aliphatic rings. The van der Waals surface area contributed by atoms with E-state index in [1.165, 1.54) is 45.1 Å². The molecule has 2 atom stereocenters. The van der Waals surface area contributed by atoms with E-state index in [0.717, 1.165) is 18.5 Å². The molecule has 112 valence electrons. The fourth-order valence-corrected chi connectivity index (χ4v) is 4.87. The van der Waals surface area contributed by atoms with Crippen LogP contribution in [0.3, 0.4) is 0 Å². The van der Waals surface area contributed by atoms with Gasteiger partial charge in [-0.1, -0.05) is 13.3 Å². The first-order valence-corrected chi connectivity index (χ1v) is 9.14. The Kier molecular flexibility index (Phi) is 4.79. The molecule has 1 saturated heterocycles. The van der Waals surface area contributed by atoms with Crippen LogP contribution < -0.4 is 5.32 Å².